The minimum atomic E-state index is 0.218. The molecule has 3 nitrogen and oxygen atoms in total. The zero-order chi connectivity index (χ0) is 13.8. The Morgan fingerprint density at radius 3 is 2.95 bits per heavy atom. The molecule has 0 saturated carbocycles. The fourth-order valence-corrected chi connectivity index (χ4v) is 4.05. The van der Waals surface area contributed by atoms with Crippen LogP contribution in [0.25, 0.3) is 0 Å². The molecule has 108 valence electrons. The van der Waals surface area contributed by atoms with Crippen molar-refractivity contribution in [3.05, 3.63) is 22.4 Å². The van der Waals surface area contributed by atoms with Crippen LogP contribution < -0.4 is 5.73 Å². The summed E-state index contributed by atoms with van der Waals surface area (Å²) >= 11 is 1.83. The van der Waals surface area contributed by atoms with Gasteiger partial charge in [-0.15, -0.1) is 11.3 Å². The Labute approximate surface area is 121 Å². The van der Waals surface area contributed by atoms with Gasteiger partial charge in [0.25, 0.3) is 0 Å². The number of likely N-dealkylation sites (tertiary alicyclic amines) is 1. The molecule has 1 aromatic heterocycles. The largest absolute Gasteiger partial charge is 0.326 e. The van der Waals surface area contributed by atoms with E-state index in [2.05, 4.69) is 48.3 Å². The van der Waals surface area contributed by atoms with Gasteiger partial charge in [-0.2, -0.15) is 0 Å². The van der Waals surface area contributed by atoms with Gasteiger partial charge >= 0.3 is 0 Å². The monoisotopic (exact) mass is 281 g/mol. The third kappa shape index (κ3) is 3.57. The number of rotatable bonds is 5. The Morgan fingerprint density at radius 1 is 1.58 bits per heavy atom. The van der Waals surface area contributed by atoms with Gasteiger partial charge in [-0.05, 0) is 51.3 Å². The maximum absolute atomic E-state index is 6.40. The highest BCUT2D eigenvalue weighted by Crippen LogP contribution is 2.31. The third-order valence-electron chi connectivity index (χ3n) is 4.33. The summed E-state index contributed by atoms with van der Waals surface area (Å²) in [5.74, 6) is 0. The van der Waals surface area contributed by atoms with E-state index in [1.165, 1.54) is 24.3 Å². The molecule has 0 spiro atoms. The summed E-state index contributed by atoms with van der Waals surface area (Å²) in [6.07, 6.45) is 3.61. The Bertz CT molecular complexity index is 365. The normalized spacial score (nSPS) is 24.6. The van der Waals surface area contributed by atoms with Gasteiger partial charge in [0.15, 0.2) is 0 Å². The van der Waals surface area contributed by atoms with Crippen LogP contribution in [0.5, 0.6) is 0 Å². The lowest BCUT2D eigenvalue weighted by atomic mass is 9.98. The number of likely N-dealkylation sites (N-methyl/N-ethyl adjacent to an activating group) is 2. The van der Waals surface area contributed by atoms with Crippen molar-refractivity contribution in [1.82, 2.24) is 9.80 Å². The van der Waals surface area contributed by atoms with E-state index in [-0.39, 0.29) is 6.04 Å². The fraction of sp³-hybridized carbons (Fsp3) is 0.733. The number of hydrogen-bond acceptors (Lipinski definition) is 4. The van der Waals surface area contributed by atoms with Crippen molar-refractivity contribution in [3.8, 4) is 0 Å². The molecular weight excluding hydrogens is 254 g/mol. The second kappa shape index (κ2) is 6.84. The zero-order valence-electron chi connectivity index (χ0n) is 12.4. The molecule has 1 fully saturated rings. The highest BCUT2D eigenvalue weighted by Gasteiger charge is 2.30. The first-order valence-electron chi connectivity index (χ1n) is 7.33. The third-order valence-corrected chi connectivity index (χ3v) is 5.27. The Balaban J connectivity index is 2.13. The van der Waals surface area contributed by atoms with Crippen molar-refractivity contribution in [2.75, 3.05) is 27.2 Å². The molecule has 4 heteroatoms. The summed E-state index contributed by atoms with van der Waals surface area (Å²) in [6.45, 7) is 4.58. The second-order valence-electron chi connectivity index (χ2n) is 5.76. The number of piperidine rings is 1. The highest BCUT2D eigenvalue weighted by molar-refractivity contribution is 7.10. The molecule has 1 aliphatic heterocycles. The van der Waals surface area contributed by atoms with Crippen molar-refractivity contribution in [1.29, 1.82) is 0 Å². The maximum atomic E-state index is 6.40. The van der Waals surface area contributed by atoms with E-state index in [9.17, 15) is 0 Å². The van der Waals surface area contributed by atoms with Crippen LogP contribution in [0.3, 0.4) is 0 Å². The Hall–Kier alpha value is -0.420. The fourth-order valence-electron chi connectivity index (χ4n) is 3.10. The topological polar surface area (TPSA) is 32.5 Å². The number of nitrogens with two attached hydrogens (primary N) is 1. The highest BCUT2D eigenvalue weighted by atomic mass is 32.1. The number of nitrogens with zero attached hydrogens (tertiary/aromatic N) is 2. The molecule has 1 aromatic rings. The zero-order valence-corrected chi connectivity index (χ0v) is 13.2. The van der Waals surface area contributed by atoms with Gasteiger partial charge in [-0.3, -0.25) is 4.90 Å². The van der Waals surface area contributed by atoms with Gasteiger partial charge in [0.1, 0.15) is 0 Å². The molecule has 0 aliphatic carbocycles. The van der Waals surface area contributed by atoms with Crippen LogP contribution in [-0.4, -0.2) is 49.1 Å². The minimum absolute atomic E-state index is 0.218. The molecule has 2 rings (SSSR count). The van der Waals surface area contributed by atoms with E-state index in [0.29, 0.717) is 12.1 Å². The standard InChI is InChI=1S/C15H27N3S/c1-4-13(16)15(14-8-6-10-19-14)18(3)12-7-5-9-17(2)11-12/h6,8,10,12-13,15H,4-5,7,9,11,16H2,1-3H3. The van der Waals surface area contributed by atoms with Gasteiger partial charge in [0.05, 0.1) is 6.04 Å². The Kier molecular flexibility index (Phi) is 5.39. The van der Waals surface area contributed by atoms with Crippen LogP contribution in [0.2, 0.25) is 0 Å². The molecule has 3 unspecified atom stereocenters. The first-order valence-corrected chi connectivity index (χ1v) is 8.21. The first kappa shape index (κ1) is 15.0. The SMILES string of the molecule is CCC(N)C(c1cccs1)N(C)C1CCCN(C)C1. The summed E-state index contributed by atoms with van der Waals surface area (Å²) in [4.78, 5) is 6.37. The Morgan fingerprint density at radius 2 is 2.37 bits per heavy atom. The summed E-state index contributed by atoms with van der Waals surface area (Å²) in [6, 6.07) is 5.57. The summed E-state index contributed by atoms with van der Waals surface area (Å²) in [7, 11) is 4.48. The average Bonchev–Trinajstić information content (AvgIpc) is 2.92. The summed E-state index contributed by atoms with van der Waals surface area (Å²) < 4.78 is 0. The molecule has 0 amide bonds. The molecule has 2 heterocycles. The molecular formula is C15H27N3S. The van der Waals surface area contributed by atoms with Gasteiger partial charge in [-0.25, -0.2) is 0 Å². The van der Waals surface area contributed by atoms with Crippen LogP contribution in [0.4, 0.5) is 0 Å². The molecule has 19 heavy (non-hydrogen) atoms. The van der Waals surface area contributed by atoms with E-state index in [1.54, 1.807) is 0 Å². The number of hydrogen-bond donors (Lipinski definition) is 1. The predicted molar refractivity (Wildman–Crippen MR) is 83.6 cm³/mol. The number of thiophene rings is 1. The maximum Gasteiger partial charge on any atom is 0.0593 e. The van der Waals surface area contributed by atoms with Crippen LogP contribution in [0.15, 0.2) is 17.5 Å². The van der Waals surface area contributed by atoms with Gasteiger partial charge in [0, 0.05) is 23.5 Å². The van der Waals surface area contributed by atoms with Crippen LogP contribution >= 0.6 is 11.3 Å². The lowest BCUT2D eigenvalue weighted by Crippen LogP contribution is -2.49. The smallest absolute Gasteiger partial charge is 0.0593 e. The van der Waals surface area contributed by atoms with Gasteiger partial charge in [0.2, 0.25) is 0 Å². The molecule has 0 radical (unpaired) electrons. The van der Waals surface area contributed by atoms with Crippen molar-refractivity contribution in [2.24, 2.45) is 5.73 Å². The summed E-state index contributed by atoms with van der Waals surface area (Å²) in [5.41, 5.74) is 6.40. The van der Waals surface area contributed by atoms with Crippen molar-refractivity contribution in [3.63, 3.8) is 0 Å². The lowest BCUT2D eigenvalue weighted by molar-refractivity contribution is 0.0875. The van der Waals surface area contributed by atoms with Gasteiger partial charge < -0.3 is 10.6 Å². The van der Waals surface area contributed by atoms with E-state index < -0.39 is 0 Å². The average molecular weight is 281 g/mol. The molecule has 2 N–H and O–H groups in total. The second-order valence-corrected chi connectivity index (χ2v) is 6.74. The van der Waals surface area contributed by atoms with Crippen LogP contribution in [-0.2, 0) is 0 Å². The van der Waals surface area contributed by atoms with Crippen LogP contribution in [0, 0.1) is 0 Å². The molecule has 1 saturated heterocycles. The lowest BCUT2D eigenvalue weighted by Gasteiger charge is -2.41. The van der Waals surface area contributed by atoms with Crippen molar-refractivity contribution in [2.45, 2.75) is 44.3 Å². The molecule has 1 aliphatic rings. The quantitative estimate of drug-likeness (QED) is 0.900. The predicted octanol–water partition coefficient (Wildman–Crippen LogP) is 2.55. The van der Waals surface area contributed by atoms with Gasteiger partial charge in [-0.1, -0.05) is 13.0 Å². The van der Waals surface area contributed by atoms with E-state index in [1.807, 2.05) is 11.3 Å². The minimum Gasteiger partial charge on any atom is -0.326 e. The van der Waals surface area contributed by atoms with E-state index >= 15 is 0 Å². The van der Waals surface area contributed by atoms with Crippen molar-refractivity contribution >= 4 is 11.3 Å². The van der Waals surface area contributed by atoms with Crippen LogP contribution in [0.1, 0.15) is 37.1 Å². The van der Waals surface area contributed by atoms with Crippen molar-refractivity contribution < 1.29 is 0 Å². The van der Waals surface area contributed by atoms with E-state index in [4.69, 9.17) is 5.73 Å². The molecule has 0 aromatic carbocycles. The molecule has 0 bridgehead atoms. The summed E-state index contributed by atoms with van der Waals surface area (Å²) in [5, 5.41) is 2.16. The molecule has 3 atom stereocenters. The first-order chi connectivity index (χ1) is 9.13. The van der Waals surface area contributed by atoms with E-state index in [0.717, 1.165) is 13.0 Å².